The van der Waals surface area contributed by atoms with Gasteiger partial charge in [0, 0.05) is 25.2 Å². The van der Waals surface area contributed by atoms with E-state index < -0.39 is 6.04 Å². The number of aromatic hydroxyl groups is 1. The van der Waals surface area contributed by atoms with Crippen LogP contribution in [0.1, 0.15) is 48.2 Å². The van der Waals surface area contributed by atoms with E-state index in [1.54, 1.807) is 29.2 Å². The Kier molecular flexibility index (Phi) is 9.22. The van der Waals surface area contributed by atoms with Crippen molar-refractivity contribution in [2.75, 3.05) is 13.1 Å². The molecule has 1 N–H and O–H groups in total. The first-order chi connectivity index (χ1) is 20.5. The molecule has 5 aromatic carbocycles. The lowest BCUT2D eigenvalue weighted by Gasteiger charge is -2.42. The number of hydrogen-bond acceptors (Lipinski definition) is 3. The van der Waals surface area contributed by atoms with Gasteiger partial charge in [-0.25, -0.2) is 4.39 Å². The number of rotatable bonds is 8. The second kappa shape index (κ2) is 13.2. The lowest BCUT2D eigenvalue weighted by molar-refractivity contribution is -0.138. The molecule has 4 nitrogen and oxygen atoms in total. The molecular weight excluding hydrogens is 535 g/mol. The quantitative estimate of drug-likeness (QED) is 0.205. The Hall–Kier alpha value is -4.48. The van der Waals surface area contributed by atoms with Gasteiger partial charge in [-0.05, 0) is 71.0 Å². The van der Waals surface area contributed by atoms with Gasteiger partial charge in [0.25, 0.3) is 0 Å². The van der Waals surface area contributed by atoms with Gasteiger partial charge >= 0.3 is 0 Å². The number of carbonyl (C=O) groups excluding carboxylic acids is 1. The molecular formula is C38H39FN2O2. The van der Waals surface area contributed by atoms with Crippen molar-refractivity contribution in [1.82, 2.24) is 9.80 Å². The third-order valence-electron chi connectivity index (χ3n) is 8.53. The van der Waals surface area contributed by atoms with Crippen molar-refractivity contribution in [3.05, 3.63) is 149 Å². The van der Waals surface area contributed by atoms with Crippen LogP contribution in [0.5, 0.6) is 5.75 Å². The topological polar surface area (TPSA) is 43.8 Å². The highest BCUT2D eigenvalue weighted by Crippen LogP contribution is 2.39. The van der Waals surface area contributed by atoms with Crippen LogP contribution in [-0.4, -0.2) is 39.9 Å². The molecule has 2 atom stereocenters. The van der Waals surface area contributed by atoms with E-state index in [0.717, 1.165) is 18.5 Å². The molecule has 0 saturated carbocycles. The molecule has 6 rings (SSSR count). The lowest BCUT2D eigenvalue weighted by Crippen LogP contribution is -2.51. The van der Waals surface area contributed by atoms with Crippen LogP contribution in [0, 0.1) is 5.82 Å². The monoisotopic (exact) mass is 574 g/mol. The SMILES string of the molecule is C.C[C@@H](C(=O)N(CCc1ccc(O)cc1)Cc1ccccc1F)N1CCc2ccccc2[C@@H]1c1cccc2ccccc12. The average molecular weight is 575 g/mol. The summed E-state index contributed by atoms with van der Waals surface area (Å²) in [7, 11) is 0. The van der Waals surface area contributed by atoms with Crippen LogP contribution in [0.15, 0.2) is 115 Å². The van der Waals surface area contributed by atoms with Gasteiger partial charge in [0.15, 0.2) is 0 Å². The highest BCUT2D eigenvalue weighted by molar-refractivity contribution is 5.87. The lowest BCUT2D eigenvalue weighted by atomic mass is 9.85. The third-order valence-corrected chi connectivity index (χ3v) is 8.53. The average Bonchev–Trinajstić information content (AvgIpc) is 3.03. The summed E-state index contributed by atoms with van der Waals surface area (Å²) in [6, 6.07) is 36.6. The van der Waals surface area contributed by atoms with E-state index >= 15 is 0 Å². The molecule has 0 fully saturated rings. The summed E-state index contributed by atoms with van der Waals surface area (Å²) in [6.45, 7) is 3.36. The van der Waals surface area contributed by atoms with Crippen LogP contribution in [0.2, 0.25) is 0 Å². The smallest absolute Gasteiger partial charge is 0.239 e. The summed E-state index contributed by atoms with van der Waals surface area (Å²) in [5.74, 6) is -0.133. The van der Waals surface area contributed by atoms with Crippen molar-refractivity contribution < 1.29 is 14.3 Å². The zero-order valence-electron chi connectivity index (χ0n) is 23.8. The molecule has 220 valence electrons. The highest BCUT2D eigenvalue weighted by atomic mass is 19.1. The molecule has 0 spiro atoms. The molecule has 1 aliphatic rings. The number of phenols is 1. The maximum absolute atomic E-state index is 14.8. The van der Waals surface area contributed by atoms with Crippen molar-refractivity contribution in [3.8, 4) is 5.75 Å². The number of benzene rings is 5. The standard InChI is InChI=1S/C37H35FN2O2.CH4/c1-26(37(42)39(25-30-11-4-7-16-35(30)38)23-21-27-17-19-31(41)20-18-27)40-24-22-29-10-3-6-14-33(29)36(40)34-15-8-12-28-9-2-5-13-32(28)34;/h2-20,26,36,41H,21-25H2,1H3;1H4/t26-,36+;/m0./s1. The maximum atomic E-state index is 14.8. The van der Waals surface area contributed by atoms with Gasteiger partial charge in [-0.2, -0.15) is 0 Å². The summed E-state index contributed by atoms with van der Waals surface area (Å²) >= 11 is 0. The Morgan fingerprint density at radius 2 is 1.56 bits per heavy atom. The van der Waals surface area contributed by atoms with Gasteiger partial charge < -0.3 is 10.0 Å². The van der Waals surface area contributed by atoms with E-state index in [-0.39, 0.29) is 37.5 Å². The van der Waals surface area contributed by atoms with E-state index in [2.05, 4.69) is 71.6 Å². The summed E-state index contributed by atoms with van der Waals surface area (Å²) in [6.07, 6.45) is 1.46. The first kappa shape index (κ1) is 30.0. The fourth-order valence-electron chi connectivity index (χ4n) is 6.27. The molecule has 5 aromatic rings. The van der Waals surface area contributed by atoms with Crippen molar-refractivity contribution in [2.24, 2.45) is 0 Å². The van der Waals surface area contributed by atoms with Crippen molar-refractivity contribution in [2.45, 2.75) is 45.8 Å². The van der Waals surface area contributed by atoms with Gasteiger partial charge in [0.2, 0.25) is 5.91 Å². The minimum absolute atomic E-state index is 0. The van der Waals surface area contributed by atoms with E-state index in [0.29, 0.717) is 18.5 Å². The third kappa shape index (κ3) is 6.32. The minimum Gasteiger partial charge on any atom is -0.508 e. The van der Waals surface area contributed by atoms with Crippen LogP contribution < -0.4 is 0 Å². The van der Waals surface area contributed by atoms with Crippen LogP contribution in [0.3, 0.4) is 0 Å². The second-order valence-electron chi connectivity index (χ2n) is 11.1. The van der Waals surface area contributed by atoms with Crippen molar-refractivity contribution in [1.29, 1.82) is 0 Å². The summed E-state index contributed by atoms with van der Waals surface area (Å²) in [4.78, 5) is 18.5. The van der Waals surface area contributed by atoms with Crippen LogP contribution in [0.25, 0.3) is 10.8 Å². The number of amides is 1. The summed E-state index contributed by atoms with van der Waals surface area (Å²) < 4.78 is 14.8. The van der Waals surface area contributed by atoms with Crippen molar-refractivity contribution in [3.63, 3.8) is 0 Å². The zero-order chi connectivity index (χ0) is 29.1. The predicted octanol–water partition coefficient (Wildman–Crippen LogP) is 7.93. The van der Waals surface area contributed by atoms with E-state index in [1.165, 1.54) is 33.5 Å². The minimum atomic E-state index is -0.436. The maximum Gasteiger partial charge on any atom is 0.239 e. The number of hydrogen-bond donors (Lipinski definition) is 1. The van der Waals surface area contributed by atoms with Gasteiger partial charge in [-0.15, -0.1) is 0 Å². The number of nitrogens with zero attached hydrogens (tertiary/aromatic N) is 2. The van der Waals surface area contributed by atoms with Crippen molar-refractivity contribution >= 4 is 16.7 Å². The molecule has 0 radical (unpaired) electrons. The molecule has 0 bridgehead atoms. The Labute approximate surface area is 254 Å². The largest absolute Gasteiger partial charge is 0.508 e. The van der Waals surface area contributed by atoms with Gasteiger partial charge in [-0.1, -0.05) is 104 Å². The molecule has 5 heteroatoms. The zero-order valence-corrected chi connectivity index (χ0v) is 23.8. The Morgan fingerprint density at radius 1 is 0.884 bits per heavy atom. The van der Waals surface area contributed by atoms with E-state index in [4.69, 9.17) is 0 Å². The Morgan fingerprint density at radius 3 is 2.37 bits per heavy atom. The van der Waals surface area contributed by atoms with Gasteiger partial charge in [0.1, 0.15) is 11.6 Å². The first-order valence-electron chi connectivity index (χ1n) is 14.6. The molecule has 0 aliphatic carbocycles. The summed E-state index contributed by atoms with van der Waals surface area (Å²) in [5, 5.41) is 12.1. The highest BCUT2D eigenvalue weighted by Gasteiger charge is 2.36. The Bertz CT molecular complexity index is 1700. The Balaban J connectivity index is 0.00000368. The van der Waals surface area contributed by atoms with Crippen LogP contribution in [-0.2, 0) is 24.2 Å². The molecule has 0 saturated heterocycles. The normalized spacial score (nSPS) is 15.3. The summed E-state index contributed by atoms with van der Waals surface area (Å²) in [5.41, 5.74) is 5.22. The van der Waals surface area contributed by atoms with E-state index in [9.17, 15) is 14.3 Å². The first-order valence-corrected chi connectivity index (χ1v) is 14.6. The van der Waals surface area contributed by atoms with E-state index in [1.807, 2.05) is 25.1 Å². The van der Waals surface area contributed by atoms with Crippen LogP contribution in [0.4, 0.5) is 4.39 Å². The van der Waals surface area contributed by atoms with Gasteiger partial charge in [0.05, 0.1) is 12.1 Å². The predicted molar refractivity (Wildman–Crippen MR) is 172 cm³/mol. The molecule has 1 amide bonds. The number of carbonyl (C=O) groups is 1. The van der Waals surface area contributed by atoms with Gasteiger partial charge in [-0.3, -0.25) is 9.69 Å². The fraction of sp³-hybridized carbons (Fsp3) is 0.237. The second-order valence-corrected chi connectivity index (χ2v) is 11.1. The molecule has 1 aliphatic heterocycles. The number of phenolic OH excluding ortho intramolecular Hbond substituents is 1. The number of fused-ring (bicyclic) bond motifs is 2. The number of halogens is 1. The molecule has 1 heterocycles. The molecule has 0 unspecified atom stereocenters. The molecule has 43 heavy (non-hydrogen) atoms. The fourth-order valence-corrected chi connectivity index (χ4v) is 6.27. The van der Waals surface area contributed by atoms with Crippen LogP contribution >= 0.6 is 0 Å². The molecule has 0 aromatic heterocycles.